The molecule has 0 spiro atoms. The fourth-order valence-electron chi connectivity index (χ4n) is 1.44. The summed E-state index contributed by atoms with van der Waals surface area (Å²) in [6.45, 7) is 0. The first kappa shape index (κ1) is 12.1. The molecule has 1 aromatic rings. The maximum Gasteiger partial charge on any atom is 0.303 e. The number of methoxy groups -OCH3 is 1. The van der Waals surface area contributed by atoms with Crippen molar-refractivity contribution in [2.45, 2.75) is 19.3 Å². The number of nitriles is 1. The Balaban J connectivity index is 2.69. The molecule has 0 amide bonds. The van der Waals surface area contributed by atoms with Crippen LogP contribution in [0.25, 0.3) is 0 Å². The van der Waals surface area contributed by atoms with Crippen LogP contribution in [-0.4, -0.2) is 18.2 Å². The van der Waals surface area contributed by atoms with Crippen LogP contribution in [0, 0.1) is 11.3 Å². The third kappa shape index (κ3) is 3.28. The molecule has 0 aliphatic carbocycles. The molecule has 0 fully saturated rings. The van der Waals surface area contributed by atoms with Gasteiger partial charge in [0.1, 0.15) is 11.8 Å². The van der Waals surface area contributed by atoms with Gasteiger partial charge >= 0.3 is 5.97 Å². The normalized spacial score (nSPS) is 9.50. The summed E-state index contributed by atoms with van der Waals surface area (Å²) in [7, 11) is 1.51. The Labute approximate surface area is 94.1 Å². The lowest BCUT2D eigenvalue weighted by molar-refractivity contribution is -0.137. The molecule has 0 radical (unpaired) electrons. The second-order valence-corrected chi connectivity index (χ2v) is 3.39. The van der Waals surface area contributed by atoms with E-state index in [1.165, 1.54) is 7.11 Å². The number of ether oxygens (including phenoxy) is 1. The van der Waals surface area contributed by atoms with Gasteiger partial charge in [-0.25, -0.2) is 0 Å². The maximum absolute atomic E-state index is 10.3. The standard InChI is InChI=1S/C12H13NO3/c1-16-11-6-5-9(7-10(11)8-13)3-2-4-12(14)15/h5-7H,2-4H2,1H3,(H,14,15). The quantitative estimate of drug-likeness (QED) is 0.821. The van der Waals surface area contributed by atoms with Crippen molar-refractivity contribution in [2.75, 3.05) is 7.11 Å². The van der Waals surface area contributed by atoms with Gasteiger partial charge in [-0.2, -0.15) is 5.26 Å². The third-order valence-corrected chi connectivity index (χ3v) is 2.24. The van der Waals surface area contributed by atoms with Crippen LogP contribution < -0.4 is 4.74 Å². The number of rotatable bonds is 5. The second-order valence-electron chi connectivity index (χ2n) is 3.39. The molecule has 0 bridgehead atoms. The highest BCUT2D eigenvalue weighted by Crippen LogP contribution is 2.19. The van der Waals surface area contributed by atoms with Crippen molar-refractivity contribution in [1.29, 1.82) is 5.26 Å². The van der Waals surface area contributed by atoms with Gasteiger partial charge in [0.25, 0.3) is 0 Å². The SMILES string of the molecule is COc1ccc(CCCC(=O)O)cc1C#N. The lowest BCUT2D eigenvalue weighted by Gasteiger charge is -2.05. The highest BCUT2D eigenvalue weighted by molar-refractivity contribution is 5.66. The van der Waals surface area contributed by atoms with Crippen molar-refractivity contribution < 1.29 is 14.6 Å². The zero-order valence-electron chi connectivity index (χ0n) is 9.06. The van der Waals surface area contributed by atoms with Gasteiger partial charge in [0, 0.05) is 6.42 Å². The number of benzene rings is 1. The van der Waals surface area contributed by atoms with E-state index in [2.05, 4.69) is 0 Å². The average molecular weight is 219 g/mol. The molecule has 4 heteroatoms. The van der Waals surface area contributed by atoms with Crippen molar-refractivity contribution in [3.8, 4) is 11.8 Å². The topological polar surface area (TPSA) is 70.3 Å². The van der Waals surface area contributed by atoms with Gasteiger partial charge in [0.05, 0.1) is 12.7 Å². The molecule has 0 aliphatic rings. The highest BCUT2D eigenvalue weighted by atomic mass is 16.5. The molecule has 0 saturated heterocycles. The zero-order chi connectivity index (χ0) is 12.0. The van der Waals surface area contributed by atoms with E-state index in [4.69, 9.17) is 15.1 Å². The van der Waals surface area contributed by atoms with Gasteiger partial charge in [-0.05, 0) is 30.5 Å². The van der Waals surface area contributed by atoms with Crippen LogP contribution in [0.1, 0.15) is 24.0 Å². The first-order valence-electron chi connectivity index (χ1n) is 4.96. The Hall–Kier alpha value is -2.02. The Morgan fingerprint density at radius 2 is 2.31 bits per heavy atom. The molecule has 0 atom stereocenters. The van der Waals surface area contributed by atoms with E-state index in [-0.39, 0.29) is 6.42 Å². The van der Waals surface area contributed by atoms with Crippen molar-refractivity contribution in [1.82, 2.24) is 0 Å². The predicted molar refractivity (Wildman–Crippen MR) is 58.3 cm³/mol. The first-order chi connectivity index (χ1) is 7.67. The Morgan fingerprint density at radius 1 is 1.56 bits per heavy atom. The van der Waals surface area contributed by atoms with Crippen LogP contribution >= 0.6 is 0 Å². The van der Waals surface area contributed by atoms with Crippen molar-refractivity contribution in [2.24, 2.45) is 0 Å². The van der Waals surface area contributed by atoms with Crippen LogP contribution in [-0.2, 0) is 11.2 Å². The van der Waals surface area contributed by atoms with Gasteiger partial charge in [0.2, 0.25) is 0 Å². The number of carbonyl (C=O) groups is 1. The highest BCUT2D eigenvalue weighted by Gasteiger charge is 2.04. The number of nitrogens with zero attached hydrogens (tertiary/aromatic N) is 1. The molecule has 1 rings (SSSR count). The summed E-state index contributed by atoms with van der Waals surface area (Å²) in [6, 6.07) is 7.36. The van der Waals surface area contributed by atoms with Crippen LogP contribution in [0.2, 0.25) is 0 Å². The Kier molecular flexibility index (Phi) is 4.34. The minimum absolute atomic E-state index is 0.147. The molecule has 1 aromatic carbocycles. The fourth-order valence-corrected chi connectivity index (χ4v) is 1.44. The van der Waals surface area contributed by atoms with Gasteiger partial charge in [-0.15, -0.1) is 0 Å². The van der Waals surface area contributed by atoms with Gasteiger partial charge in [-0.3, -0.25) is 4.79 Å². The van der Waals surface area contributed by atoms with Crippen molar-refractivity contribution >= 4 is 5.97 Å². The summed E-state index contributed by atoms with van der Waals surface area (Å²) in [5.41, 5.74) is 1.44. The van der Waals surface area contributed by atoms with Crippen LogP contribution in [0.15, 0.2) is 18.2 Å². The zero-order valence-corrected chi connectivity index (χ0v) is 9.06. The number of hydrogen-bond donors (Lipinski definition) is 1. The molecule has 0 heterocycles. The summed E-state index contributed by atoms with van der Waals surface area (Å²) in [6.07, 6.45) is 1.38. The van der Waals surface area contributed by atoms with E-state index in [0.29, 0.717) is 24.2 Å². The number of aliphatic carboxylic acids is 1. The van der Waals surface area contributed by atoms with E-state index >= 15 is 0 Å². The number of carboxylic acid groups (broad SMARTS) is 1. The molecule has 0 aromatic heterocycles. The maximum atomic E-state index is 10.3. The number of aryl methyl sites for hydroxylation is 1. The van der Waals surface area contributed by atoms with E-state index in [1.54, 1.807) is 12.1 Å². The largest absolute Gasteiger partial charge is 0.495 e. The predicted octanol–water partition coefficient (Wildman–Crippen LogP) is 1.97. The smallest absolute Gasteiger partial charge is 0.303 e. The molecule has 0 unspecified atom stereocenters. The van der Waals surface area contributed by atoms with E-state index in [9.17, 15) is 4.79 Å². The van der Waals surface area contributed by atoms with Crippen LogP contribution in [0.5, 0.6) is 5.75 Å². The summed E-state index contributed by atoms with van der Waals surface area (Å²) in [4.78, 5) is 10.3. The van der Waals surface area contributed by atoms with Crippen LogP contribution in [0.3, 0.4) is 0 Å². The summed E-state index contributed by atoms with van der Waals surface area (Å²) in [5.74, 6) is -0.251. The number of hydrogen-bond acceptors (Lipinski definition) is 3. The second kappa shape index (κ2) is 5.76. The van der Waals surface area contributed by atoms with E-state index in [0.717, 1.165) is 5.56 Å². The van der Waals surface area contributed by atoms with Crippen LogP contribution in [0.4, 0.5) is 0 Å². The first-order valence-corrected chi connectivity index (χ1v) is 4.96. The van der Waals surface area contributed by atoms with Gasteiger partial charge < -0.3 is 9.84 Å². The lowest BCUT2D eigenvalue weighted by atomic mass is 10.0. The molecular weight excluding hydrogens is 206 g/mol. The minimum atomic E-state index is -0.797. The Bertz CT molecular complexity index is 421. The summed E-state index contributed by atoms with van der Waals surface area (Å²) in [5, 5.41) is 17.4. The Morgan fingerprint density at radius 3 is 2.88 bits per heavy atom. The molecular formula is C12H13NO3. The monoisotopic (exact) mass is 219 g/mol. The molecule has 1 N–H and O–H groups in total. The average Bonchev–Trinajstić information content (AvgIpc) is 2.28. The molecule has 84 valence electrons. The molecule has 16 heavy (non-hydrogen) atoms. The van der Waals surface area contributed by atoms with Crippen molar-refractivity contribution in [3.05, 3.63) is 29.3 Å². The molecule has 0 saturated carbocycles. The molecule has 0 aliphatic heterocycles. The van der Waals surface area contributed by atoms with Gasteiger partial charge in [0.15, 0.2) is 0 Å². The third-order valence-electron chi connectivity index (χ3n) is 2.24. The number of carboxylic acids is 1. The van der Waals surface area contributed by atoms with Crippen molar-refractivity contribution in [3.63, 3.8) is 0 Å². The minimum Gasteiger partial charge on any atom is -0.495 e. The van der Waals surface area contributed by atoms with E-state index < -0.39 is 5.97 Å². The lowest BCUT2D eigenvalue weighted by Crippen LogP contribution is -1.96. The van der Waals surface area contributed by atoms with E-state index in [1.807, 2.05) is 12.1 Å². The summed E-state index contributed by atoms with van der Waals surface area (Å²) >= 11 is 0. The fraction of sp³-hybridized carbons (Fsp3) is 0.333. The van der Waals surface area contributed by atoms with Gasteiger partial charge in [-0.1, -0.05) is 6.07 Å². The summed E-state index contributed by atoms with van der Waals surface area (Å²) < 4.78 is 5.02. The molecule has 4 nitrogen and oxygen atoms in total.